The van der Waals surface area contributed by atoms with Gasteiger partial charge in [-0.05, 0) is 60.2 Å². The maximum atomic E-state index is 12.9. The maximum absolute atomic E-state index is 12.9. The van der Waals surface area contributed by atoms with Crippen molar-refractivity contribution in [2.24, 2.45) is 0 Å². The van der Waals surface area contributed by atoms with E-state index in [0.717, 1.165) is 22.3 Å². The zero-order valence-electron chi connectivity index (χ0n) is 17.3. The fraction of sp³-hybridized carbons (Fsp3) is 0.120. The lowest BCUT2D eigenvalue weighted by atomic mass is 10.1. The predicted molar refractivity (Wildman–Crippen MR) is 136 cm³/mol. The zero-order valence-corrected chi connectivity index (χ0v) is 19.7. The van der Waals surface area contributed by atoms with Crippen molar-refractivity contribution in [2.75, 3.05) is 18.5 Å². The number of amides is 1. The Hall–Kier alpha value is -3.16. The van der Waals surface area contributed by atoms with Crippen LogP contribution in [0, 0.1) is 0 Å². The van der Waals surface area contributed by atoms with Crippen LogP contribution in [0.4, 0.5) is 5.69 Å². The third kappa shape index (κ3) is 7.21. The second-order valence-electron chi connectivity index (χ2n) is 6.76. The molecular formula is C25H23BrN2O3S. The van der Waals surface area contributed by atoms with Gasteiger partial charge in [0.05, 0.1) is 12.2 Å². The molecule has 0 bridgehead atoms. The summed E-state index contributed by atoms with van der Waals surface area (Å²) < 4.78 is 12.1. The van der Waals surface area contributed by atoms with Gasteiger partial charge in [-0.3, -0.25) is 10.1 Å². The molecule has 0 fully saturated rings. The van der Waals surface area contributed by atoms with Crippen LogP contribution in [-0.4, -0.2) is 24.2 Å². The monoisotopic (exact) mass is 510 g/mol. The number of benzene rings is 3. The molecule has 2 N–H and O–H groups in total. The van der Waals surface area contributed by atoms with E-state index in [1.54, 1.807) is 18.2 Å². The van der Waals surface area contributed by atoms with Gasteiger partial charge in [-0.1, -0.05) is 58.9 Å². The number of ether oxygens (including phenoxy) is 2. The zero-order chi connectivity index (χ0) is 22.8. The van der Waals surface area contributed by atoms with Crippen LogP contribution in [0.2, 0.25) is 0 Å². The second-order valence-corrected chi connectivity index (χ2v) is 8.08. The Morgan fingerprint density at radius 3 is 2.50 bits per heavy atom. The van der Waals surface area contributed by atoms with Crippen LogP contribution < -0.4 is 20.1 Å². The number of nitrogens with one attached hydrogen (secondary N) is 2. The first-order valence-electron chi connectivity index (χ1n) is 9.97. The van der Waals surface area contributed by atoms with E-state index in [-0.39, 0.29) is 11.0 Å². The molecule has 1 amide bonds. The minimum Gasteiger partial charge on any atom is -0.492 e. The van der Waals surface area contributed by atoms with Gasteiger partial charge in [-0.25, -0.2) is 0 Å². The molecule has 32 heavy (non-hydrogen) atoms. The van der Waals surface area contributed by atoms with Gasteiger partial charge in [0.1, 0.15) is 18.1 Å². The molecule has 0 aliphatic carbocycles. The number of rotatable bonds is 9. The molecule has 3 aromatic carbocycles. The SMILES string of the molecule is C=CCOc1ccc(NC(=S)NC(=O)c2cc(Br)ccc2OCCc2ccccc2)cc1. The van der Waals surface area contributed by atoms with Crippen molar-refractivity contribution >= 4 is 44.9 Å². The molecule has 3 aromatic rings. The van der Waals surface area contributed by atoms with Crippen LogP contribution in [-0.2, 0) is 6.42 Å². The maximum Gasteiger partial charge on any atom is 0.261 e. The molecule has 5 nitrogen and oxygen atoms in total. The van der Waals surface area contributed by atoms with Crippen molar-refractivity contribution in [1.82, 2.24) is 5.32 Å². The third-order valence-corrected chi connectivity index (χ3v) is 5.08. The Morgan fingerprint density at radius 2 is 1.78 bits per heavy atom. The highest BCUT2D eigenvalue weighted by Gasteiger charge is 2.15. The summed E-state index contributed by atoms with van der Waals surface area (Å²) in [6.07, 6.45) is 2.42. The van der Waals surface area contributed by atoms with Crippen molar-refractivity contribution in [2.45, 2.75) is 6.42 Å². The molecule has 0 radical (unpaired) electrons. The number of hydrogen-bond acceptors (Lipinski definition) is 4. The summed E-state index contributed by atoms with van der Waals surface area (Å²) in [4.78, 5) is 12.9. The van der Waals surface area contributed by atoms with Crippen LogP contribution in [0.15, 0.2) is 89.9 Å². The first kappa shape index (κ1) is 23.5. The molecule has 0 saturated carbocycles. The molecule has 164 valence electrons. The summed E-state index contributed by atoms with van der Waals surface area (Å²) in [5, 5.41) is 5.89. The van der Waals surface area contributed by atoms with E-state index in [9.17, 15) is 4.79 Å². The molecule has 0 aliphatic heterocycles. The second kappa shape index (κ2) is 12.0. The summed E-state index contributed by atoms with van der Waals surface area (Å²) in [5.74, 6) is 0.856. The summed E-state index contributed by atoms with van der Waals surface area (Å²) in [6.45, 7) is 4.51. The first-order valence-corrected chi connectivity index (χ1v) is 11.2. The lowest BCUT2D eigenvalue weighted by Crippen LogP contribution is -2.34. The van der Waals surface area contributed by atoms with E-state index in [0.29, 0.717) is 24.5 Å². The Bertz CT molecular complexity index is 1070. The Morgan fingerprint density at radius 1 is 1.03 bits per heavy atom. The molecule has 0 atom stereocenters. The highest BCUT2D eigenvalue weighted by molar-refractivity contribution is 9.10. The molecule has 0 aromatic heterocycles. The standard InChI is InChI=1S/C25H23BrN2O3S/c1-2-15-30-21-11-9-20(10-12-21)27-25(32)28-24(29)22-17-19(26)8-13-23(22)31-16-14-18-6-4-3-5-7-18/h2-13,17H,1,14-16H2,(H2,27,28,29,32). The van der Waals surface area contributed by atoms with Crippen molar-refractivity contribution in [3.63, 3.8) is 0 Å². The lowest BCUT2D eigenvalue weighted by molar-refractivity contribution is 0.0973. The van der Waals surface area contributed by atoms with Gasteiger partial charge in [0.15, 0.2) is 5.11 Å². The minimum atomic E-state index is -0.357. The van der Waals surface area contributed by atoms with E-state index < -0.39 is 0 Å². The molecule has 3 rings (SSSR count). The van der Waals surface area contributed by atoms with Crippen molar-refractivity contribution in [3.8, 4) is 11.5 Å². The topological polar surface area (TPSA) is 59.6 Å². The largest absolute Gasteiger partial charge is 0.492 e. The Kier molecular flexibility index (Phi) is 8.83. The summed E-state index contributed by atoms with van der Waals surface area (Å²) in [6, 6.07) is 22.6. The minimum absolute atomic E-state index is 0.185. The molecule has 0 aliphatic rings. The fourth-order valence-corrected chi connectivity index (χ4v) is 3.42. The number of hydrogen-bond donors (Lipinski definition) is 2. The van der Waals surface area contributed by atoms with Gasteiger partial charge >= 0.3 is 0 Å². The van der Waals surface area contributed by atoms with Gasteiger partial charge in [0.25, 0.3) is 5.91 Å². The molecule has 0 saturated heterocycles. The lowest BCUT2D eigenvalue weighted by Gasteiger charge is -2.14. The van der Waals surface area contributed by atoms with Crippen LogP contribution >= 0.6 is 28.1 Å². The van der Waals surface area contributed by atoms with Crippen molar-refractivity contribution in [1.29, 1.82) is 0 Å². The van der Waals surface area contributed by atoms with E-state index in [2.05, 4.69) is 33.1 Å². The number of carbonyl (C=O) groups is 1. The van der Waals surface area contributed by atoms with E-state index in [4.69, 9.17) is 21.7 Å². The van der Waals surface area contributed by atoms with Crippen molar-refractivity contribution < 1.29 is 14.3 Å². The van der Waals surface area contributed by atoms with Crippen molar-refractivity contribution in [3.05, 3.63) is 101 Å². The molecular weight excluding hydrogens is 488 g/mol. The average Bonchev–Trinajstić information content (AvgIpc) is 2.80. The van der Waals surface area contributed by atoms with Crippen LogP contribution in [0.25, 0.3) is 0 Å². The molecule has 0 spiro atoms. The molecule has 0 unspecified atom stereocenters. The smallest absolute Gasteiger partial charge is 0.261 e. The Labute approximate surface area is 201 Å². The number of anilines is 1. The van der Waals surface area contributed by atoms with Gasteiger partial charge in [-0.2, -0.15) is 0 Å². The van der Waals surface area contributed by atoms with Gasteiger partial charge in [0, 0.05) is 16.6 Å². The highest BCUT2D eigenvalue weighted by atomic mass is 79.9. The normalized spacial score (nSPS) is 10.2. The van der Waals surface area contributed by atoms with Crippen LogP contribution in [0.3, 0.4) is 0 Å². The van der Waals surface area contributed by atoms with Gasteiger partial charge in [-0.15, -0.1) is 0 Å². The fourth-order valence-electron chi connectivity index (χ4n) is 2.85. The van der Waals surface area contributed by atoms with E-state index in [1.165, 1.54) is 5.56 Å². The average molecular weight is 511 g/mol. The number of carbonyl (C=O) groups excluding carboxylic acids is 1. The van der Waals surface area contributed by atoms with Crippen LogP contribution in [0.5, 0.6) is 11.5 Å². The highest BCUT2D eigenvalue weighted by Crippen LogP contribution is 2.24. The summed E-state index contributed by atoms with van der Waals surface area (Å²) in [5.41, 5.74) is 2.29. The summed E-state index contributed by atoms with van der Waals surface area (Å²) >= 11 is 8.71. The predicted octanol–water partition coefficient (Wildman–Crippen LogP) is 5.76. The third-order valence-electron chi connectivity index (χ3n) is 4.38. The van der Waals surface area contributed by atoms with E-state index >= 15 is 0 Å². The summed E-state index contributed by atoms with van der Waals surface area (Å²) in [7, 11) is 0. The molecule has 7 heteroatoms. The van der Waals surface area contributed by atoms with Gasteiger partial charge in [0.2, 0.25) is 0 Å². The quantitative estimate of drug-likeness (QED) is 0.283. The van der Waals surface area contributed by atoms with Crippen LogP contribution in [0.1, 0.15) is 15.9 Å². The number of thiocarbonyl (C=S) groups is 1. The van der Waals surface area contributed by atoms with E-state index in [1.807, 2.05) is 60.7 Å². The Balaban J connectivity index is 1.59. The number of halogens is 1. The van der Waals surface area contributed by atoms with Gasteiger partial charge < -0.3 is 14.8 Å². The first-order chi connectivity index (χ1) is 15.5. The molecule has 0 heterocycles.